The summed E-state index contributed by atoms with van der Waals surface area (Å²) < 4.78 is 20.4. The van der Waals surface area contributed by atoms with Gasteiger partial charge in [0.1, 0.15) is 5.75 Å². The van der Waals surface area contributed by atoms with Crippen molar-refractivity contribution in [2.45, 2.75) is 6.54 Å². The highest BCUT2D eigenvalue weighted by atomic mass is 16.5. The molecule has 138 valence electrons. The van der Waals surface area contributed by atoms with Gasteiger partial charge in [0, 0.05) is 6.54 Å². The van der Waals surface area contributed by atoms with E-state index in [9.17, 15) is 9.59 Å². The van der Waals surface area contributed by atoms with E-state index in [0.29, 0.717) is 29.4 Å². The van der Waals surface area contributed by atoms with E-state index in [1.807, 2.05) is 6.07 Å². The van der Waals surface area contributed by atoms with Crippen LogP contribution < -0.4 is 19.5 Å². The Hall–Kier alpha value is -3.22. The molecular weight excluding hydrogens is 338 g/mol. The normalized spacial score (nSPS) is 9.96. The first-order chi connectivity index (χ1) is 12.6. The molecule has 1 N–H and O–H groups in total. The number of hydrogen-bond acceptors (Lipinski definition) is 6. The second-order valence-corrected chi connectivity index (χ2v) is 5.27. The van der Waals surface area contributed by atoms with Crippen LogP contribution in [0, 0.1) is 0 Å². The topological polar surface area (TPSA) is 83.1 Å². The maximum atomic E-state index is 11.9. The summed E-state index contributed by atoms with van der Waals surface area (Å²) in [5.41, 5.74) is 1.29. The van der Waals surface area contributed by atoms with Crippen molar-refractivity contribution >= 4 is 11.9 Å². The van der Waals surface area contributed by atoms with Crippen LogP contribution in [0.15, 0.2) is 42.5 Å². The second-order valence-electron chi connectivity index (χ2n) is 5.27. The summed E-state index contributed by atoms with van der Waals surface area (Å²) in [5, 5.41) is 2.76. The van der Waals surface area contributed by atoms with E-state index in [0.717, 1.165) is 5.56 Å². The molecule has 26 heavy (non-hydrogen) atoms. The molecule has 7 nitrogen and oxygen atoms in total. The Balaban J connectivity index is 1.83. The van der Waals surface area contributed by atoms with E-state index < -0.39 is 5.97 Å². The highest BCUT2D eigenvalue weighted by Crippen LogP contribution is 2.27. The Morgan fingerprint density at radius 3 is 2.23 bits per heavy atom. The van der Waals surface area contributed by atoms with Gasteiger partial charge in [-0.1, -0.05) is 6.07 Å². The number of rotatable bonds is 8. The van der Waals surface area contributed by atoms with Crippen LogP contribution >= 0.6 is 0 Å². The molecule has 0 aliphatic carbocycles. The monoisotopic (exact) mass is 359 g/mol. The van der Waals surface area contributed by atoms with Crippen LogP contribution in [-0.2, 0) is 16.1 Å². The van der Waals surface area contributed by atoms with E-state index in [1.165, 1.54) is 7.11 Å². The quantitative estimate of drug-likeness (QED) is 0.728. The van der Waals surface area contributed by atoms with Gasteiger partial charge in [-0.3, -0.25) is 4.79 Å². The van der Waals surface area contributed by atoms with Gasteiger partial charge in [0.25, 0.3) is 5.91 Å². The van der Waals surface area contributed by atoms with Gasteiger partial charge in [0.05, 0.1) is 26.9 Å². The third-order valence-electron chi connectivity index (χ3n) is 3.58. The summed E-state index contributed by atoms with van der Waals surface area (Å²) in [4.78, 5) is 23.3. The fourth-order valence-electron chi connectivity index (χ4n) is 2.20. The number of carbonyl (C=O) groups is 2. The molecule has 0 saturated heterocycles. The number of esters is 1. The fraction of sp³-hybridized carbons (Fsp3) is 0.263. The van der Waals surface area contributed by atoms with Gasteiger partial charge in [-0.05, 0) is 42.0 Å². The number of hydrogen-bond donors (Lipinski definition) is 1. The predicted octanol–water partition coefficient (Wildman–Crippen LogP) is 2.19. The maximum absolute atomic E-state index is 11.9. The van der Waals surface area contributed by atoms with Gasteiger partial charge in [0.15, 0.2) is 18.1 Å². The molecule has 0 heterocycles. The van der Waals surface area contributed by atoms with E-state index in [2.05, 4.69) is 10.1 Å². The molecule has 0 aliphatic heterocycles. The first kappa shape index (κ1) is 19.1. The lowest BCUT2D eigenvalue weighted by molar-refractivity contribution is -0.123. The smallest absolute Gasteiger partial charge is 0.337 e. The molecule has 2 aromatic rings. The molecule has 0 atom stereocenters. The zero-order valence-electron chi connectivity index (χ0n) is 14.9. The Bertz CT molecular complexity index is 757. The van der Waals surface area contributed by atoms with Crippen LogP contribution in [0.3, 0.4) is 0 Å². The fourth-order valence-corrected chi connectivity index (χ4v) is 2.20. The lowest BCUT2D eigenvalue weighted by atomic mass is 10.2. The number of carbonyl (C=O) groups excluding carboxylic acids is 2. The van der Waals surface area contributed by atoms with E-state index in [-0.39, 0.29) is 12.5 Å². The highest BCUT2D eigenvalue weighted by molar-refractivity contribution is 5.89. The molecular formula is C19H21NO6. The Kier molecular flexibility index (Phi) is 6.84. The lowest BCUT2D eigenvalue weighted by Crippen LogP contribution is -2.28. The van der Waals surface area contributed by atoms with Crippen molar-refractivity contribution in [1.82, 2.24) is 5.32 Å². The predicted molar refractivity (Wildman–Crippen MR) is 94.7 cm³/mol. The lowest BCUT2D eigenvalue weighted by Gasteiger charge is -2.11. The zero-order chi connectivity index (χ0) is 18.9. The van der Waals surface area contributed by atoms with Crippen molar-refractivity contribution in [3.8, 4) is 17.2 Å². The summed E-state index contributed by atoms with van der Waals surface area (Å²) in [6.45, 7) is 0.203. The Morgan fingerprint density at radius 1 is 0.923 bits per heavy atom. The van der Waals surface area contributed by atoms with E-state index in [4.69, 9.17) is 14.2 Å². The van der Waals surface area contributed by atoms with E-state index >= 15 is 0 Å². The van der Waals surface area contributed by atoms with E-state index in [1.54, 1.807) is 50.6 Å². The molecule has 0 spiro atoms. The van der Waals surface area contributed by atoms with Crippen LogP contribution in [0.25, 0.3) is 0 Å². The van der Waals surface area contributed by atoms with Crippen molar-refractivity contribution in [3.63, 3.8) is 0 Å². The Labute approximate surface area is 151 Å². The third-order valence-corrected chi connectivity index (χ3v) is 3.58. The molecule has 2 rings (SSSR count). The number of nitrogens with one attached hydrogen (secondary N) is 1. The van der Waals surface area contributed by atoms with Crippen LogP contribution in [0.2, 0.25) is 0 Å². The first-order valence-corrected chi connectivity index (χ1v) is 7.86. The van der Waals surface area contributed by atoms with Crippen LogP contribution in [0.5, 0.6) is 17.2 Å². The number of amides is 1. The second kappa shape index (κ2) is 9.31. The molecule has 0 fully saturated rings. The molecule has 0 saturated carbocycles. The zero-order valence-corrected chi connectivity index (χ0v) is 14.9. The van der Waals surface area contributed by atoms with Crippen molar-refractivity contribution < 1.29 is 28.5 Å². The Morgan fingerprint density at radius 2 is 1.62 bits per heavy atom. The summed E-state index contributed by atoms with van der Waals surface area (Å²) in [5.74, 6) is 1.02. The van der Waals surface area contributed by atoms with Crippen molar-refractivity contribution in [1.29, 1.82) is 0 Å². The first-order valence-electron chi connectivity index (χ1n) is 7.86. The third kappa shape index (κ3) is 5.14. The molecule has 0 radical (unpaired) electrons. The molecule has 0 bridgehead atoms. The number of ether oxygens (including phenoxy) is 4. The molecule has 0 aliphatic rings. The molecule has 2 aromatic carbocycles. The van der Waals surface area contributed by atoms with Crippen LogP contribution in [0.1, 0.15) is 15.9 Å². The van der Waals surface area contributed by atoms with Crippen molar-refractivity contribution in [2.75, 3.05) is 27.9 Å². The van der Waals surface area contributed by atoms with Crippen LogP contribution in [-0.4, -0.2) is 39.8 Å². The van der Waals surface area contributed by atoms with Gasteiger partial charge in [0.2, 0.25) is 0 Å². The summed E-state index contributed by atoms with van der Waals surface area (Å²) in [7, 11) is 4.43. The summed E-state index contributed by atoms with van der Waals surface area (Å²) in [6.07, 6.45) is 0. The minimum Gasteiger partial charge on any atom is -0.493 e. The molecule has 0 unspecified atom stereocenters. The van der Waals surface area contributed by atoms with Gasteiger partial charge < -0.3 is 24.3 Å². The highest BCUT2D eigenvalue weighted by Gasteiger charge is 2.08. The summed E-state index contributed by atoms with van der Waals surface area (Å²) in [6, 6.07) is 11.8. The average molecular weight is 359 g/mol. The van der Waals surface area contributed by atoms with Crippen molar-refractivity contribution in [2.24, 2.45) is 0 Å². The van der Waals surface area contributed by atoms with Gasteiger partial charge in [-0.25, -0.2) is 4.79 Å². The van der Waals surface area contributed by atoms with Crippen LogP contribution in [0.4, 0.5) is 0 Å². The summed E-state index contributed by atoms with van der Waals surface area (Å²) >= 11 is 0. The number of methoxy groups -OCH3 is 3. The standard InChI is InChI=1S/C19H21NO6/c1-23-16-9-4-13(10-17(16)24-2)11-20-18(21)12-26-15-7-5-14(6-8-15)19(22)25-3/h4-10H,11-12H2,1-3H3,(H,20,21). The molecule has 0 aromatic heterocycles. The minimum atomic E-state index is -0.427. The average Bonchev–Trinajstić information content (AvgIpc) is 2.70. The molecule has 1 amide bonds. The molecule has 7 heteroatoms. The SMILES string of the molecule is COC(=O)c1ccc(OCC(=O)NCc2ccc(OC)c(OC)c2)cc1. The number of benzene rings is 2. The van der Waals surface area contributed by atoms with Gasteiger partial charge in [-0.15, -0.1) is 0 Å². The largest absolute Gasteiger partial charge is 0.493 e. The maximum Gasteiger partial charge on any atom is 0.337 e. The van der Waals surface area contributed by atoms with Crippen molar-refractivity contribution in [3.05, 3.63) is 53.6 Å². The minimum absolute atomic E-state index is 0.134. The van der Waals surface area contributed by atoms with Gasteiger partial charge >= 0.3 is 5.97 Å². The van der Waals surface area contributed by atoms with Gasteiger partial charge in [-0.2, -0.15) is 0 Å².